The van der Waals surface area contributed by atoms with E-state index in [9.17, 15) is 19.7 Å². The highest BCUT2D eigenvalue weighted by Crippen LogP contribution is 2.24. The molecule has 1 aromatic carbocycles. The predicted molar refractivity (Wildman–Crippen MR) is 72.3 cm³/mol. The van der Waals surface area contributed by atoms with Crippen LogP contribution in [0.25, 0.3) is 0 Å². The quantitative estimate of drug-likeness (QED) is 0.366. The van der Waals surface area contributed by atoms with Gasteiger partial charge in [0.1, 0.15) is 5.56 Å². The standard InChI is InChI=1S/C14H17NO5/c1-8(2)10(4)13(16)20-14(17)11-7-5-6-9(3)12(11)15(18)19/h5-8,10H,1-4H3. The van der Waals surface area contributed by atoms with Crippen LogP contribution in [0.15, 0.2) is 18.2 Å². The molecule has 1 aromatic rings. The van der Waals surface area contributed by atoms with E-state index in [4.69, 9.17) is 4.74 Å². The lowest BCUT2D eigenvalue weighted by atomic mass is 9.98. The molecular weight excluding hydrogens is 262 g/mol. The molecule has 0 spiro atoms. The Morgan fingerprint density at radius 1 is 1.25 bits per heavy atom. The molecule has 0 aromatic heterocycles. The smallest absolute Gasteiger partial charge is 0.352 e. The first-order chi connectivity index (χ1) is 9.25. The van der Waals surface area contributed by atoms with Crippen molar-refractivity contribution in [2.75, 3.05) is 0 Å². The second kappa shape index (κ2) is 6.27. The molecule has 0 N–H and O–H groups in total. The van der Waals surface area contributed by atoms with Crippen molar-refractivity contribution in [3.63, 3.8) is 0 Å². The van der Waals surface area contributed by atoms with Crippen LogP contribution in [-0.4, -0.2) is 16.9 Å². The second-order valence-electron chi connectivity index (χ2n) is 4.97. The van der Waals surface area contributed by atoms with Gasteiger partial charge in [-0.2, -0.15) is 0 Å². The van der Waals surface area contributed by atoms with E-state index in [1.165, 1.54) is 25.1 Å². The predicted octanol–water partition coefficient (Wildman–Crippen LogP) is 2.88. The molecule has 0 heterocycles. The van der Waals surface area contributed by atoms with Gasteiger partial charge in [-0.1, -0.05) is 32.9 Å². The van der Waals surface area contributed by atoms with Crippen molar-refractivity contribution >= 4 is 17.6 Å². The monoisotopic (exact) mass is 279 g/mol. The van der Waals surface area contributed by atoms with Gasteiger partial charge in [0.2, 0.25) is 0 Å². The summed E-state index contributed by atoms with van der Waals surface area (Å²) < 4.78 is 4.72. The van der Waals surface area contributed by atoms with Crippen LogP contribution in [0.1, 0.15) is 36.7 Å². The molecule has 0 saturated heterocycles. The van der Waals surface area contributed by atoms with Gasteiger partial charge in [-0.05, 0) is 18.9 Å². The van der Waals surface area contributed by atoms with Gasteiger partial charge >= 0.3 is 11.9 Å². The van der Waals surface area contributed by atoms with Crippen LogP contribution in [-0.2, 0) is 9.53 Å². The van der Waals surface area contributed by atoms with Crippen LogP contribution in [0.2, 0.25) is 0 Å². The largest absolute Gasteiger partial charge is 0.389 e. The van der Waals surface area contributed by atoms with Gasteiger partial charge < -0.3 is 4.74 Å². The number of aryl methyl sites for hydroxylation is 1. The number of esters is 2. The zero-order valence-electron chi connectivity index (χ0n) is 11.9. The number of rotatable bonds is 4. The maximum Gasteiger partial charge on any atom is 0.352 e. The molecule has 6 nitrogen and oxygen atoms in total. The molecule has 20 heavy (non-hydrogen) atoms. The number of para-hydroxylation sites is 1. The molecule has 0 radical (unpaired) electrons. The molecule has 0 fully saturated rings. The number of carbonyl (C=O) groups is 2. The first-order valence-corrected chi connectivity index (χ1v) is 6.25. The van der Waals surface area contributed by atoms with Crippen LogP contribution in [0.4, 0.5) is 5.69 Å². The summed E-state index contributed by atoms with van der Waals surface area (Å²) >= 11 is 0. The minimum Gasteiger partial charge on any atom is -0.389 e. The van der Waals surface area contributed by atoms with Crippen molar-refractivity contribution < 1.29 is 19.2 Å². The van der Waals surface area contributed by atoms with Crippen LogP contribution < -0.4 is 0 Å². The average molecular weight is 279 g/mol. The third-order valence-corrected chi connectivity index (χ3v) is 3.21. The number of hydrogen-bond donors (Lipinski definition) is 0. The fourth-order valence-corrected chi connectivity index (χ4v) is 1.58. The van der Waals surface area contributed by atoms with Gasteiger partial charge in [0, 0.05) is 5.56 Å². The Kier molecular flexibility index (Phi) is 4.96. The highest BCUT2D eigenvalue weighted by molar-refractivity contribution is 6.00. The van der Waals surface area contributed by atoms with Crippen molar-refractivity contribution in [1.82, 2.24) is 0 Å². The molecule has 1 rings (SSSR count). The number of nitro groups is 1. The third-order valence-electron chi connectivity index (χ3n) is 3.21. The first-order valence-electron chi connectivity index (χ1n) is 6.25. The molecule has 0 aliphatic rings. The fourth-order valence-electron chi connectivity index (χ4n) is 1.58. The van der Waals surface area contributed by atoms with Gasteiger partial charge in [-0.15, -0.1) is 0 Å². The Morgan fingerprint density at radius 3 is 2.35 bits per heavy atom. The number of nitro benzene ring substituents is 1. The topological polar surface area (TPSA) is 86.5 Å². The molecule has 0 aliphatic heterocycles. The fraction of sp³-hybridized carbons (Fsp3) is 0.429. The summed E-state index contributed by atoms with van der Waals surface area (Å²) in [5.74, 6) is -2.11. The Morgan fingerprint density at radius 2 is 1.85 bits per heavy atom. The third kappa shape index (κ3) is 3.40. The lowest BCUT2D eigenvalue weighted by molar-refractivity contribution is -0.385. The summed E-state index contributed by atoms with van der Waals surface area (Å²) in [5.41, 5.74) is -0.199. The molecule has 1 atom stereocenters. The summed E-state index contributed by atoms with van der Waals surface area (Å²) in [6, 6.07) is 4.31. The minimum absolute atomic E-state index is 0.0165. The highest BCUT2D eigenvalue weighted by atomic mass is 16.6. The molecule has 0 saturated carbocycles. The zero-order valence-corrected chi connectivity index (χ0v) is 11.9. The molecule has 0 bridgehead atoms. The van der Waals surface area contributed by atoms with Crippen LogP contribution in [0.5, 0.6) is 0 Å². The van der Waals surface area contributed by atoms with Crippen molar-refractivity contribution in [3.8, 4) is 0 Å². The summed E-state index contributed by atoms with van der Waals surface area (Å²) in [6.45, 7) is 6.81. The van der Waals surface area contributed by atoms with Crippen LogP contribution in [0.3, 0.4) is 0 Å². The molecule has 108 valence electrons. The molecular formula is C14H17NO5. The lowest BCUT2D eigenvalue weighted by Gasteiger charge is -2.13. The number of carbonyl (C=O) groups excluding carboxylic acids is 2. The molecule has 1 unspecified atom stereocenters. The first kappa shape index (κ1) is 15.8. The Balaban J connectivity index is 3.02. The number of nitrogens with zero attached hydrogens (tertiary/aromatic N) is 1. The second-order valence-corrected chi connectivity index (χ2v) is 4.97. The van der Waals surface area contributed by atoms with Crippen LogP contribution >= 0.6 is 0 Å². The lowest BCUT2D eigenvalue weighted by Crippen LogP contribution is -2.23. The van der Waals surface area contributed by atoms with Crippen LogP contribution in [0, 0.1) is 28.9 Å². The highest BCUT2D eigenvalue weighted by Gasteiger charge is 2.27. The normalized spacial score (nSPS) is 12.1. The van der Waals surface area contributed by atoms with Crippen molar-refractivity contribution in [3.05, 3.63) is 39.4 Å². The van der Waals surface area contributed by atoms with E-state index in [0.29, 0.717) is 5.56 Å². The van der Waals surface area contributed by atoms with Gasteiger partial charge in [-0.25, -0.2) is 4.79 Å². The Bertz CT molecular complexity index is 550. The number of hydrogen-bond acceptors (Lipinski definition) is 5. The Hall–Kier alpha value is -2.24. The summed E-state index contributed by atoms with van der Waals surface area (Å²) in [7, 11) is 0. The van der Waals surface area contributed by atoms with Crippen molar-refractivity contribution in [2.45, 2.75) is 27.7 Å². The van der Waals surface area contributed by atoms with Gasteiger partial charge in [-0.3, -0.25) is 14.9 Å². The molecule has 6 heteroatoms. The van der Waals surface area contributed by atoms with Crippen molar-refractivity contribution in [1.29, 1.82) is 0 Å². The van der Waals surface area contributed by atoms with Gasteiger partial charge in [0.15, 0.2) is 0 Å². The number of ether oxygens (including phenoxy) is 1. The summed E-state index contributed by atoms with van der Waals surface area (Å²) in [6.07, 6.45) is 0. The van der Waals surface area contributed by atoms with E-state index < -0.39 is 22.8 Å². The minimum atomic E-state index is -0.988. The zero-order chi connectivity index (χ0) is 15.4. The SMILES string of the molecule is Cc1cccc(C(=O)OC(=O)C(C)C(C)C)c1[N+](=O)[O-]. The summed E-state index contributed by atoms with van der Waals surface area (Å²) in [5, 5.41) is 11.0. The maximum absolute atomic E-state index is 11.9. The maximum atomic E-state index is 11.9. The average Bonchev–Trinajstić information content (AvgIpc) is 2.36. The van der Waals surface area contributed by atoms with E-state index in [2.05, 4.69) is 0 Å². The van der Waals surface area contributed by atoms with E-state index in [-0.39, 0.29) is 17.2 Å². The Labute approximate surface area is 116 Å². The van der Waals surface area contributed by atoms with E-state index >= 15 is 0 Å². The van der Waals surface area contributed by atoms with Crippen molar-refractivity contribution in [2.24, 2.45) is 11.8 Å². The van der Waals surface area contributed by atoms with Gasteiger partial charge in [0.05, 0.1) is 10.8 Å². The van der Waals surface area contributed by atoms with E-state index in [1.54, 1.807) is 6.92 Å². The van der Waals surface area contributed by atoms with Gasteiger partial charge in [0.25, 0.3) is 5.69 Å². The molecule has 0 amide bonds. The van der Waals surface area contributed by atoms with E-state index in [0.717, 1.165) is 0 Å². The molecule has 0 aliphatic carbocycles. The number of benzene rings is 1. The van der Waals surface area contributed by atoms with E-state index in [1.807, 2.05) is 13.8 Å². The summed E-state index contributed by atoms with van der Waals surface area (Å²) in [4.78, 5) is 34.0.